The van der Waals surface area contributed by atoms with Gasteiger partial charge in [0.15, 0.2) is 0 Å². The van der Waals surface area contributed by atoms with Crippen molar-refractivity contribution in [1.82, 2.24) is 5.32 Å². The molecular weight excluding hydrogens is 391 g/mol. The van der Waals surface area contributed by atoms with Crippen molar-refractivity contribution in [3.63, 3.8) is 0 Å². The lowest BCUT2D eigenvalue weighted by atomic mass is 10.2. The van der Waals surface area contributed by atoms with Gasteiger partial charge in [0, 0.05) is 21.3 Å². The number of rotatable bonds is 3. The van der Waals surface area contributed by atoms with E-state index < -0.39 is 5.60 Å². The van der Waals surface area contributed by atoms with Crippen molar-refractivity contribution in [2.75, 3.05) is 5.32 Å². The third kappa shape index (κ3) is 5.34. The minimum absolute atomic E-state index is 0.190. The average Bonchev–Trinajstić information content (AvgIpc) is 2.77. The molecule has 1 amide bonds. The van der Waals surface area contributed by atoms with Crippen LogP contribution in [-0.4, -0.2) is 23.8 Å². The van der Waals surface area contributed by atoms with Gasteiger partial charge in [-0.15, -0.1) is 0 Å². The first-order chi connectivity index (χ1) is 10.2. The van der Waals surface area contributed by atoms with Gasteiger partial charge in [0.2, 0.25) is 0 Å². The van der Waals surface area contributed by atoms with Crippen molar-refractivity contribution in [2.24, 2.45) is 0 Å². The van der Waals surface area contributed by atoms with Gasteiger partial charge in [0.25, 0.3) is 0 Å². The highest BCUT2D eigenvalue weighted by Crippen LogP contribution is 2.26. The lowest BCUT2D eigenvalue weighted by Crippen LogP contribution is -2.38. The highest BCUT2D eigenvalue weighted by molar-refractivity contribution is 14.1. The maximum absolute atomic E-state index is 11.8. The fraction of sp³-hybridized carbons (Fsp3) is 0.588. The maximum Gasteiger partial charge on any atom is 0.407 e. The summed E-state index contributed by atoms with van der Waals surface area (Å²) in [4.78, 5) is 11.8. The minimum Gasteiger partial charge on any atom is -0.444 e. The fourth-order valence-corrected chi connectivity index (χ4v) is 3.50. The summed E-state index contributed by atoms with van der Waals surface area (Å²) in [7, 11) is 0. The van der Waals surface area contributed by atoms with Crippen LogP contribution < -0.4 is 10.6 Å². The third-order valence-electron chi connectivity index (χ3n) is 3.64. The van der Waals surface area contributed by atoms with Crippen LogP contribution in [0.25, 0.3) is 0 Å². The Kier molecular flexibility index (Phi) is 5.58. The zero-order valence-corrected chi connectivity index (χ0v) is 15.9. The molecule has 1 aromatic rings. The van der Waals surface area contributed by atoms with Crippen molar-refractivity contribution in [1.29, 1.82) is 0 Å². The first-order valence-corrected chi connectivity index (χ1v) is 8.83. The molecule has 4 nitrogen and oxygen atoms in total. The van der Waals surface area contributed by atoms with Crippen LogP contribution in [0.2, 0.25) is 0 Å². The summed E-state index contributed by atoms with van der Waals surface area (Å²) in [5.74, 6) is 0. The van der Waals surface area contributed by atoms with Gasteiger partial charge in [-0.3, -0.25) is 0 Å². The zero-order valence-electron chi connectivity index (χ0n) is 13.7. The van der Waals surface area contributed by atoms with Crippen LogP contribution in [0.4, 0.5) is 10.5 Å². The van der Waals surface area contributed by atoms with Crippen molar-refractivity contribution in [3.8, 4) is 0 Å². The van der Waals surface area contributed by atoms with E-state index >= 15 is 0 Å². The summed E-state index contributed by atoms with van der Waals surface area (Å²) in [6.45, 7) is 7.74. The van der Waals surface area contributed by atoms with Crippen LogP contribution in [0.1, 0.15) is 45.6 Å². The number of alkyl carbamates (subject to hydrolysis) is 1. The van der Waals surface area contributed by atoms with Gasteiger partial charge < -0.3 is 15.4 Å². The Morgan fingerprint density at radius 1 is 1.27 bits per heavy atom. The summed E-state index contributed by atoms with van der Waals surface area (Å²) >= 11 is 2.36. The van der Waals surface area contributed by atoms with Crippen LogP contribution in [-0.2, 0) is 4.74 Å². The van der Waals surface area contributed by atoms with E-state index in [9.17, 15) is 4.79 Å². The molecule has 1 aromatic carbocycles. The summed E-state index contributed by atoms with van der Waals surface area (Å²) in [5, 5.41) is 6.56. The van der Waals surface area contributed by atoms with Gasteiger partial charge in [0.1, 0.15) is 5.60 Å². The molecule has 1 fully saturated rings. The van der Waals surface area contributed by atoms with Crippen LogP contribution >= 0.6 is 22.6 Å². The molecule has 1 saturated carbocycles. The van der Waals surface area contributed by atoms with Crippen LogP contribution in [0.5, 0.6) is 0 Å². The van der Waals surface area contributed by atoms with Crippen molar-refractivity contribution in [2.45, 2.75) is 64.6 Å². The fourth-order valence-electron chi connectivity index (χ4n) is 2.68. The normalized spacial score (nSPS) is 21.5. The molecule has 1 aliphatic carbocycles. The predicted molar refractivity (Wildman–Crippen MR) is 98.3 cm³/mol. The quantitative estimate of drug-likeness (QED) is 0.716. The van der Waals surface area contributed by atoms with Gasteiger partial charge in [-0.25, -0.2) is 4.79 Å². The molecular formula is C17H25IN2O2. The lowest BCUT2D eigenvalue weighted by Gasteiger charge is -2.22. The van der Waals surface area contributed by atoms with Gasteiger partial charge in [-0.05, 0) is 87.2 Å². The Bertz CT molecular complexity index is 540. The van der Waals surface area contributed by atoms with E-state index in [1.54, 1.807) is 0 Å². The molecule has 1 unspecified atom stereocenters. The number of amides is 1. The standard InChI is InChI=1S/C17H25IN2O2/c1-11-5-8-15(14(18)9-11)19-12-6-7-13(10-12)20-16(21)22-17(2,3)4/h5,8-9,12-13,19H,6-7,10H2,1-4H3,(H,20,21)/t12?,13-/m1/s1. The maximum atomic E-state index is 11.8. The minimum atomic E-state index is -0.446. The first kappa shape index (κ1) is 17.4. The number of halogens is 1. The molecule has 0 bridgehead atoms. The Hall–Kier alpha value is -0.980. The molecule has 0 spiro atoms. The number of hydrogen-bond donors (Lipinski definition) is 2. The Balaban J connectivity index is 1.84. The summed E-state index contributed by atoms with van der Waals surface area (Å²) < 4.78 is 6.55. The van der Waals surface area contributed by atoms with Crippen LogP contribution in [0.3, 0.4) is 0 Å². The van der Waals surface area contributed by atoms with Crippen molar-refractivity contribution < 1.29 is 9.53 Å². The molecule has 22 heavy (non-hydrogen) atoms. The highest BCUT2D eigenvalue weighted by atomic mass is 127. The Morgan fingerprint density at radius 2 is 1.95 bits per heavy atom. The number of carbonyl (C=O) groups is 1. The summed E-state index contributed by atoms with van der Waals surface area (Å²) in [6.07, 6.45) is 2.66. The molecule has 5 heteroatoms. The molecule has 2 N–H and O–H groups in total. The second kappa shape index (κ2) is 7.06. The molecule has 0 saturated heterocycles. The Morgan fingerprint density at radius 3 is 2.59 bits per heavy atom. The van der Waals surface area contributed by atoms with Crippen LogP contribution in [0.15, 0.2) is 18.2 Å². The number of aryl methyl sites for hydroxylation is 1. The van der Waals surface area contributed by atoms with Gasteiger partial charge >= 0.3 is 6.09 Å². The number of carbonyl (C=O) groups excluding carboxylic acids is 1. The van der Waals surface area contributed by atoms with E-state index in [-0.39, 0.29) is 12.1 Å². The third-order valence-corrected chi connectivity index (χ3v) is 4.53. The zero-order chi connectivity index (χ0) is 16.3. The summed E-state index contributed by atoms with van der Waals surface area (Å²) in [5.41, 5.74) is 2.00. The Labute approximate surface area is 146 Å². The van der Waals surface area contributed by atoms with E-state index in [0.717, 1.165) is 19.3 Å². The van der Waals surface area contributed by atoms with Crippen molar-refractivity contribution >= 4 is 34.4 Å². The molecule has 0 aromatic heterocycles. The average molecular weight is 416 g/mol. The number of ether oxygens (including phenoxy) is 1. The van der Waals surface area contributed by atoms with Crippen molar-refractivity contribution in [3.05, 3.63) is 27.3 Å². The number of nitrogens with one attached hydrogen (secondary N) is 2. The molecule has 2 atom stereocenters. The molecule has 0 radical (unpaired) electrons. The number of benzene rings is 1. The van der Waals surface area contributed by atoms with E-state index in [1.165, 1.54) is 14.8 Å². The van der Waals surface area contributed by atoms with Gasteiger partial charge in [0.05, 0.1) is 0 Å². The first-order valence-electron chi connectivity index (χ1n) is 7.75. The smallest absolute Gasteiger partial charge is 0.407 e. The summed E-state index contributed by atoms with van der Waals surface area (Å²) in [6, 6.07) is 7.02. The monoisotopic (exact) mass is 416 g/mol. The molecule has 0 aliphatic heterocycles. The second-order valence-corrected chi connectivity index (χ2v) is 8.14. The van der Waals surface area contributed by atoms with Gasteiger partial charge in [-0.2, -0.15) is 0 Å². The molecule has 0 heterocycles. The number of hydrogen-bond acceptors (Lipinski definition) is 3. The van der Waals surface area contributed by atoms with E-state index in [1.807, 2.05) is 20.8 Å². The molecule has 122 valence electrons. The molecule has 2 rings (SSSR count). The number of anilines is 1. The van der Waals surface area contributed by atoms with E-state index in [0.29, 0.717) is 6.04 Å². The SMILES string of the molecule is Cc1ccc(NC2CC[C@@H](NC(=O)OC(C)(C)C)C2)c(I)c1. The topological polar surface area (TPSA) is 50.4 Å². The van der Waals surface area contributed by atoms with Gasteiger partial charge in [-0.1, -0.05) is 6.07 Å². The molecule has 1 aliphatic rings. The lowest BCUT2D eigenvalue weighted by molar-refractivity contribution is 0.0505. The predicted octanol–water partition coefficient (Wildman–Crippen LogP) is 4.46. The van der Waals surface area contributed by atoms with E-state index in [4.69, 9.17) is 4.74 Å². The largest absolute Gasteiger partial charge is 0.444 e. The second-order valence-electron chi connectivity index (χ2n) is 6.98. The van der Waals surface area contributed by atoms with Crippen LogP contribution in [0, 0.1) is 10.5 Å². The van der Waals surface area contributed by atoms with E-state index in [2.05, 4.69) is 58.3 Å². The highest BCUT2D eigenvalue weighted by Gasteiger charge is 2.27.